The van der Waals surface area contributed by atoms with Crippen LogP contribution in [0, 0.1) is 0 Å². The smallest absolute Gasteiger partial charge is 0.183 e. The van der Waals surface area contributed by atoms with Crippen LogP contribution in [0.15, 0.2) is 34.1 Å². The number of anilines is 1. The van der Waals surface area contributed by atoms with Crippen molar-refractivity contribution in [2.45, 2.75) is 25.8 Å². The Bertz CT molecular complexity index is 512. The lowest BCUT2D eigenvalue weighted by Gasteiger charge is -2.13. The lowest BCUT2D eigenvalue weighted by molar-refractivity contribution is 0.268. The van der Waals surface area contributed by atoms with E-state index < -0.39 is 0 Å². The molecular weight excluding hydrogens is 324 g/mol. The van der Waals surface area contributed by atoms with Crippen LogP contribution in [0.1, 0.15) is 19.8 Å². The second-order valence-corrected chi connectivity index (χ2v) is 6.13. The van der Waals surface area contributed by atoms with Crippen molar-refractivity contribution in [2.75, 3.05) is 11.9 Å². The molecule has 0 fully saturated rings. The highest BCUT2D eigenvalue weighted by Gasteiger charge is 2.09. The molecule has 2 N–H and O–H groups in total. The first-order chi connectivity index (χ1) is 9.22. The fraction of sp³-hybridized carbons (Fsp3) is 0.357. The van der Waals surface area contributed by atoms with E-state index in [0.29, 0.717) is 0 Å². The summed E-state index contributed by atoms with van der Waals surface area (Å²) in [6.07, 6.45) is 1.99. The first kappa shape index (κ1) is 14.5. The Kier molecular flexibility index (Phi) is 5.36. The molecule has 0 saturated heterocycles. The van der Waals surface area contributed by atoms with Gasteiger partial charge in [0.25, 0.3) is 0 Å². The van der Waals surface area contributed by atoms with Gasteiger partial charge in [0, 0.05) is 15.4 Å². The molecule has 2 aromatic rings. The number of benzene rings is 1. The van der Waals surface area contributed by atoms with Gasteiger partial charge in [0.1, 0.15) is 0 Å². The molecule has 19 heavy (non-hydrogen) atoms. The molecular formula is C14H17BrN2OS. The maximum atomic E-state index is 9.28. The lowest BCUT2D eigenvalue weighted by atomic mass is 10.2. The molecule has 0 spiro atoms. The number of aromatic nitrogens is 1. The van der Waals surface area contributed by atoms with Crippen LogP contribution in [0.4, 0.5) is 5.13 Å². The van der Waals surface area contributed by atoms with Crippen molar-refractivity contribution in [3.05, 3.63) is 34.1 Å². The Hall–Kier alpha value is -0.910. The fourth-order valence-electron chi connectivity index (χ4n) is 1.83. The van der Waals surface area contributed by atoms with E-state index in [0.717, 1.165) is 33.7 Å². The van der Waals surface area contributed by atoms with Crippen molar-refractivity contribution in [1.29, 1.82) is 0 Å². The number of aliphatic hydroxyl groups excluding tert-OH is 1. The number of thiazole rings is 1. The molecule has 1 atom stereocenters. The van der Waals surface area contributed by atoms with E-state index in [-0.39, 0.29) is 12.6 Å². The monoisotopic (exact) mass is 340 g/mol. The second kappa shape index (κ2) is 7.03. The standard InChI is InChI=1S/C14H17BrN2OS/c1-2-3-12(8-18)16-14-17-13(9-19-14)10-4-6-11(15)7-5-10/h4-7,9,12,18H,2-3,8H2,1H3,(H,16,17). The highest BCUT2D eigenvalue weighted by molar-refractivity contribution is 9.10. The maximum Gasteiger partial charge on any atom is 0.183 e. The topological polar surface area (TPSA) is 45.1 Å². The number of hydrogen-bond acceptors (Lipinski definition) is 4. The van der Waals surface area contributed by atoms with Crippen molar-refractivity contribution in [3.8, 4) is 11.3 Å². The minimum absolute atomic E-state index is 0.0916. The average molecular weight is 341 g/mol. The number of hydrogen-bond donors (Lipinski definition) is 2. The molecule has 102 valence electrons. The van der Waals surface area contributed by atoms with E-state index in [9.17, 15) is 5.11 Å². The Morgan fingerprint density at radius 2 is 2.11 bits per heavy atom. The molecule has 3 nitrogen and oxygen atoms in total. The van der Waals surface area contributed by atoms with Crippen LogP contribution >= 0.6 is 27.3 Å². The van der Waals surface area contributed by atoms with E-state index >= 15 is 0 Å². The van der Waals surface area contributed by atoms with E-state index in [1.807, 2.05) is 29.6 Å². The third-order valence-electron chi connectivity index (χ3n) is 2.83. The minimum Gasteiger partial charge on any atom is -0.394 e. The summed E-state index contributed by atoms with van der Waals surface area (Å²) < 4.78 is 1.06. The van der Waals surface area contributed by atoms with Crippen LogP contribution in [0.3, 0.4) is 0 Å². The summed E-state index contributed by atoms with van der Waals surface area (Å²) in [5, 5.41) is 15.5. The van der Waals surface area contributed by atoms with E-state index in [2.05, 4.69) is 33.2 Å². The van der Waals surface area contributed by atoms with Gasteiger partial charge in [-0.2, -0.15) is 0 Å². The third kappa shape index (κ3) is 4.03. The molecule has 1 aromatic heterocycles. The molecule has 0 radical (unpaired) electrons. The predicted octanol–water partition coefficient (Wildman–Crippen LogP) is 4.15. The van der Waals surface area contributed by atoms with Crippen molar-refractivity contribution < 1.29 is 5.11 Å². The van der Waals surface area contributed by atoms with Gasteiger partial charge in [-0.25, -0.2) is 4.98 Å². The van der Waals surface area contributed by atoms with E-state index in [1.165, 1.54) is 0 Å². The van der Waals surface area contributed by atoms with Crippen molar-refractivity contribution >= 4 is 32.4 Å². The number of nitrogens with zero attached hydrogens (tertiary/aromatic N) is 1. The van der Waals surface area contributed by atoms with E-state index in [4.69, 9.17) is 0 Å². The minimum atomic E-state index is 0.0916. The fourth-order valence-corrected chi connectivity index (χ4v) is 2.89. The Balaban J connectivity index is 2.08. The lowest BCUT2D eigenvalue weighted by Crippen LogP contribution is -2.23. The quantitative estimate of drug-likeness (QED) is 0.830. The van der Waals surface area contributed by atoms with Gasteiger partial charge in [0.15, 0.2) is 5.13 Å². The average Bonchev–Trinajstić information content (AvgIpc) is 2.87. The highest BCUT2D eigenvalue weighted by atomic mass is 79.9. The molecule has 2 rings (SSSR count). The Morgan fingerprint density at radius 1 is 1.37 bits per heavy atom. The SMILES string of the molecule is CCCC(CO)Nc1nc(-c2ccc(Br)cc2)cs1. The molecule has 0 aliphatic heterocycles. The van der Waals surface area contributed by atoms with E-state index in [1.54, 1.807) is 11.3 Å². The Morgan fingerprint density at radius 3 is 2.74 bits per heavy atom. The van der Waals surface area contributed by atoms with Crippen LogP contribution in [0.2, 0.25) is 0 Å². The molecule has 5 heteroatoms. The number of nitrogens with one attached hydrogen (secondary N) is 1. The van der Waals surface area contributed by atoms with Crippen LogP contribution < -0.4 is 5.32 Å². The molecule has 0 aliphatic rings. The molecule has 0 bridgehead atoms. The van der Waals surface area contributed by atoms with Gasteiger partial charge in [-0.1, -0.05) is 41.4 Å². The van der Waals surface area contributed by atoms with Crippen LogP contribution in [0.25, 0.3) is 11.3 Å². The van der Waals surface area contributed by atoms with Crippen molar-refractivity contribution in [1.82, 2.24) is 4.98 Å². The first-order valence-corrected chi connectivity index (χ1v) is 7.99. The summed E-state index contributed by atoms with van der Waals surface area (Å²) in [5.41, 5.74) is 2.07. The normalized spacial score (nSPS) is 12.4. The first-order valence-electron chi connectivity index (χ1n) is 6.31. The maximum absolute atomic E-state index is 9.28. The summed E-state index contributed by atoms with van der Waals surface area (Å²) in [6.45, 7) is 2.25. The Labute approximate surface area is 125 Å². The van der Waals surface area contributed by atoms with Gasteiger partial charge < -0.3 is 10.4 Å². The highest BCUT2D eigenvalue weighted by Crippen LogP contribution is 2.26. The zero-order valence-corrected chi connectivity index (χ0v) is 13.2. The molecule has 0 amide bonds. The summed E-state index contributed by atoms with van der Waals surface area (Å²) in [7, 11) is 0. The van der Waals surface area contributed by atoms with Crippen molar-refractivity contribution in [3.63, 3.8) is 0 Å². The van der Waals surface area contributed by atoms with Gasteiger partial charge in [-0.05, 0) is 18.6 Å². The van der Waals surface area contributed by atoms with Crippen LogP contribution in [-0.2, 0) is 0 Å². The number of halogens is 1. The number of aliphatic hydroxyl groups is 1. The summed E-state index contributed by atoms with van der Waals surface area (Å²) in [5.74, 6) is 0. The summed E-state index contributed by atoms with van der Waals surface area (Å²) in [6, 6.07) is 8.19. The molecule has 1 heterocycles. The van der Waals surface area contributed by atoms with Gasteiger partial charge >= 0.3 is 0 Å². The molecule has 1 aromatic carbocycles. The molecule has 1 unspecified atom stereocenters. The van der Waals surface area contributed by atoms with Crippen molar-refractivity contribution in [2.24, 2.45) is 0 Å². The zero-order valence-electron chi connectivity index (χ0n) is 10.8. The number of rotatable bonds is 6. The largest absolute Gasteiger partial charge is 0.394 e. The van der Waals surface area contributed by atoms with Gasteiger partial charge in [0.05, 0.1) is 18.3 Å². The zero-order chi connectivity index (χ0) is 13.7. The summed E-state index contributed by atoms with van der Waals surface area (Å²) in [4.78, 5) is 4.56. The van der Waals surface area contributed by atoms with Crippen LogP contribution in [-0.4, -0.2) is 22.7 Å². The second-order valence-electron chi connectivity index (χ2n) is 4.36. The predicted molar refractivity (Wildman–Crippen MR) is 84.7 cm³/mol. The van der Waals surface area contributed by atoms with Gasteiger partial charge in [0.2, 0.25) is 0 Å². The molecule has 0 aliphatic carbocycles. The third-order valence-corrected chi connectivity index (χ3v) is 4.13. The molecule has 0 saturated carbocycles. The van der Waals surface area contributed by atoms with Gasteiger partial charge in [-0.15, -0.1) is 11.3 Å². The van der Waals surface area contributed by atoms with Gasteiger partial charge in [-0.3, -0.25) is 0 Å². The van der Waals surface area contributed by atoms with Crippen LogP contribution in [0.5, 0.6) is 0 Å². The summed E-state index contributed by atoms with van der Waals surface area (Å²) >= 11 is 5.00.